The minimum absolute atomic E-state index is 0.171. The molecule has 2 rings (SSSR count). The second-order valence-corrected chi connectivity index (χ2v) is 4.98. The molecule has 0 spiro atoms. The predicted molar refractivity (Wildman–Crippen MR) is 75.8 cm³/mol. The van der Waals surface area contributed by atoms with E-state index in [0.29, 0.717) is 6.61 Å². The minimum atomic E-state index is -0.233. The normalized spacial score (nSPS) is 17.3. The number of hydrogen-bond acceptors (Lipinski definition) is 3. The van der Waals surface area contributed by atoms with Gasteiger partial charge in [-0.1, -0.05) is 6.08 Å². The number of ether oxygens (including phenoxy) is 1. The number of nitrogens with zero attached hydrogens (tertiary/aromatic N) is 1. The Morgan fingerprint density at radius 2 is 2.26 bits per heavy atom. The first kappa shape index (κ1) is 14.0. The van der Waals surface area contributed by atoms with Crippen LogP contribution in [0.25, 0.3) is 0 Å². The maximum Gasteiger partial charge on any atom is 0.123 e. The maximum atomic E-state index is 13.3. The number of benzene rings is 1. The molecule has 1 aliphatic heterocycles. The molecule has 1 aliphatic rings. The van der Waals surface area contributed by atoms with Crippen LogP contribution in [0.2, 0.25) is 0 Å². The lowest BCUT2D eigenvalue weighted by molar-refractivity contribution is 0.222. The fourth-order valence-corrected chi connectivity index (χ4v) is 2.42. The molecule has 0 saturated carbocycles. The van der Waals surface area contributed by atoms with Crippen molar-refractivity contribution in [1.29, 1.82) is 0 Å². The Morgan fingerprint density at radius 3 is 2.84 bits per heavy atom. The van der Waals surface area contributed by atoms with Crippen LogP contribution in [0.15, 0.2) is 29.8 Å². The summed E-state index contributed by atoms with van der Waals surface area (Å²) in [5, 5.41) is 0. The van der Waals surface area contributed by atoms with Gasteiger partial charge >= 0.3 is 0 Å². The topological polar surface area (TPSA) is 38.5 Å². The second kappa shape index (κ2) is 6.17. The van der Waals surface area contributed by atoms with Gasteiger partial charge in [0.25, 0.3) is 0 Å². The van der Waals surface area contributed by atoms with Crippen molar-refractivity contribution in [3.8, 4) is 0 Å². The molecule has 0 fully saturated rings. The van der Waals surface area contributed by atoms with Crippen LogP contribution in [0.3, 0.4) is 0 Å². The molecule has 0 bridgehead atoms. The van der Waals surface area contributed by atoms with Gasteiger partial charge in [-0.05, 0) is 42.7 Å². The van der Waals surface area contributed by atoms with Gasteiger partial charge in [0.1, 0.15) is 5.82 Å². The molecule has 1 heterocycles. The molecule has 0 radical (unpaired) electrons. The van der Waals surface area contributed by atoms with Crippen LogP contribution < -0.4 is 10.6 Å². The summed E-state index contributed by atoms with van der Waals surface area (Å²) in [5.41, 5.74) is 9.15. The molecule has 1 unspecified atom stereocenters. The predicted octanol–water partition coefficient (Wildman–Crippen LogP) is 2.63. The number of methoxy groups -OCH3 is 1. The van der Waals surface area contributed by atoms with Crippen molar-refractivity contribution >= 4 is 5.69 Å². The van der Waals surface area contributed by atoms with Gasteiger partial charge in [-0.15, -0.1) is 0 Å². The van der Waals surface area contributed by atoms with E-state index in [1.54, 1.807) is 7.11 Å². The molecule has 0 aliphatic carbocycles. The van der Waals surface area contributed by atoms with Crippen LogP contribution in [0.1, 0.15) is 24.9 Å². The molecule has 3 nitrogen and oxygen atoms in total. The summed E-state index contributed by atoms with van der Waals surface area (Å²) < 4.78 is 18.5. The highest BCUT2D eigenvalue weighted by molar-refractivity contribution is 5.56. The van der Waals surface area contributed by atoms with Crippen molar-refractivity contribution in [2.24, 2.45) is 5.73 Å². The Morgan fingerprint density at radius 1 is 1.47 bits per heavy atom. The van der Waals surface area contributed by atoms with E-state index in [2.05, 4.69) is 11.0 Å². The van der Waals surface area contributed by atoms with E-state index in [9.17, 15) is 4.39 Å². The van der Waals surface area contributed by atoms with Gasteiger partial charge in [-0.3, -0.25) is 0 Å². The third-order valence-corrected chi connectivity index (χ3v) is 3.45. The molecule has 4 heteroatoms. The SMILES string of the molecule is COCC1=CCN(c2ccc(F)cc2C(C)N)CC1. The average Bonchev–Trinajstić information content (AvgIpc) is 2.40. The largest absolute Gasteiger partial charge is 0.380 e. The van der Waals surface area contributed by atoms with E-state index >= 15 is 0 Å². The first-order valence-corrected chi connectivity index (χ1v) is 6.58. The highest BCUT2D eigenvalue weighted by Gasteiger charge is 2.17. The smallest absolute Gasteiger partial charge is 0.123 e. The lowest BCUT2D eigenvalue weighted by Gasteiger charge is -2.31. The monoisotopic (exact) mass is 264 g/mol. The van der Waals surface area contributed by atoms with Gasteiger partial charge in [0.05, 0.1) is 6.61 Å². The molecule has 104 valence electrons. The summed E-state index contributed by atoms with van der Waals surface area (Å²) in [7, 11) is 1.71. The zero-order valence-electron chi connectivity index (χ0n) is 11.5. The molecule has 1 aromatic rings. The highest BCUT2D eigenvalue weighted by atomic mass is 19.1. The van der Waals surface area contributed by atoms with Crippen molar-refractivity contribution in [1.82, 2.24) is 0 Å². The van der Waals surface area contributed by atoms with Crippen molar-refractivity contribution in [2.45, 2.75) is 19.4 Å². The average molecular weight is 264 g/mol. The standard InChI is InChI=1S/C15H21FN2O/c1-11(17)14-9-13(16)3-4-15(14)18-7-5-12(6-8-18)10-19-2/h3-5,9,11H,6-8,10,17H2,1-2H3. The van der Waals surface area contributed by atoms with Crippen molar-refractivity contribution in [3.05, 3.63) is 41.2 Å². The lowest BCUT2D eigenvalue weighted by Crippen LogP contribution is -2.30. The molecule has 19 heavy (non-hydrogen) atoms. The highest BCUT2D eigenvalue weighted by Crippen LogP contribution is 2.28. The summed E-state index contributed by atoms with van der Waals surface area (Å²) in [4.78, 5) is 2.23. The Kier molecular flexibility index (Phi) is 4.56. The van der Waals surface area contributed by atoms with Gasteiger partial charge in [0.15, 0.2) is 0 Å². The second-order valence-electron chi connectivity index (χ2n) is 4.98. The van der Waals surface area contributed by atoms with Crippen LogP contribution in [-0.2, 0) is 4.74 Å². The van der Waals surface area contributed by atoms with Gasteiger partial charge in [0, 0.05) is 31.9 Å². The first-order chi connectivity index (χ1) is 9.11. The molecule has 0 aromatic heterocycles. The van der Waals surface area contributed by atoms with E-state index in [-0.39, 0.29) is 11.9 Å². The maximum absolute atomic E-state index is 13.3. The summed E-state index contributed by atoms with van der Waals surface area (Å²) in [5.74, 6) is -0.233. The fraction of sp³-hybridized carbons (Fsp3) is 0.467. The van der Waals surface area contributed by atoms with Crippen molar-refractivity contribution in [3.63, 3.8) is 0 Å². The lowest BCUT2D eigenvalue weighted by atomic mass is 10.0. The number of anilines is 1. The number of nitrogens with two attached hydrogens (primary N) is 1. The van der Waals surface area contributed by atoms with Crippen molar-refractivity contribution in [2.75, 3.05) is 31.7 Å². The number of halogens is 1. The van der Waals surface area contributed by atoms with Crippen LogP contribution in [0, 0.1) is 5.82 Å². The van der Waals surface area contributed by atoms with Gasteiger partial charge in [-0.25, -0.2) is 4.39 Å². The van der Waals surface area contributed by atoms with E-state index in [0.717, 1.165) is 30.8 Å². The first-order valence-electron chi connectivity index (χ1n) is 6.58. The third-order valence-electron chi connectivity index (χ3n) is 3.45. The summed E-state index contributed by atoms with van der Waals surface area (Å²) >= 11 is 0. The van der Waals surface area contributed by atoms with E-state index in [4.69, 9.17) is 10.5 Å². The summed E-state index contributed by atoms with van der Waals surface area (Å²) in [6.07, 6.45) is 3.16. The van der Waals surface area contributed by atoms with E-state index in [1.807, 2.05) is 13.0 Å². The molecule has 1 atom stereocenters. The third kappa shape index (κ3) is 3.33. The van der Waals surface area contributed by atoms with Crippen molar-refractivity contribution < 1.29 is 9.13 Å². The molecular weight excluding hydrogens is 243 g/mol. The van der Waals surface area contributed by atoms with Gasteiger partial charge in [-0.2, -0.15) is 0 Å². The Labute approximate surface area is 113 Å². The Bertz CT molecular complexity index is 471. The molecular formula is C15H21FN2O. The summed E-state index contributed by atoms with van der Waals surface area (Å²) in [6.45, 7) is 4.32. The fourth-order valence-electron chi connectivity index (χ4n) is 2.42. The van der Waals surface area contributed by atoms with Crippen LogP contribution in [-0.4, -0.2) is 26.8 Å². The van der Waals surface area contributed by atoms with E-state index in [1.165, 1.54) is 17.7 Å². The van der Waals surface area contributed by atoms with Crippen LogP contribution >= 0.6 is 0 Å². The zero-order valence-corrected chi connectivity index (χ0v) is 11.5. The molecule has 2 N–H and O–H groups in total. The summed E-state index contributed by atoms with van der Waals surface area (Å²) in [6, 6.07) is 4.68. The van der Waals surface area contributed by atoms with Crippen LogP contribution in [0.5, 0.6) is 0 Å². The minimum Gasteiger partial charge on any atom is -0.380 e. The number of rotatable bonds is 4. The Hall–Kier alpha value is -1.39. The van der Waals surface area contributed by atoms with Gasteiger partial charge in [0.2, 0.25) is 0 Å². The van der Waals surface area contributed by atoms with Crippen LogP contribution in [0.4, 0.5) is 10.1 Å². The van der Waals surface area contributed by atoms with Gasteiger partial charge < -0.3 is 15.4 Å². The molecule has 0 saturated heterocycles. The number of hydrogen-bond donors (Lipinski definition) is 1. The molecule has 1 aromatic carbocycles. The Balaban J connectivity index is 2.19. The quantitative estimate of drug-likeness (QED) is 0.850. The van der Waals surface area contributed by atoms with E-state index < -0.39 is 0 Å². The molecule has 0 amide bonds. The zero-order chi connectivity index (χ0) is 13.8.